The zero-order chi connectivity index (χ0) is 18.5. The van der Waals surface area contributed by atoms with Gasteiger partial charge in [0.05, 0.1) is 0 Å². The van der Waals surface area contributed by atoms with E-state index in [1.165, 1.54) is 44.9 Å². The number of hydrogen-bond donors (Lipinski definition) is 2. The second-order valence-corrected chi connectivity index (χ2v) is 9.97. The zero-order valence-electron chi connectivity index (χ0n) is 16.9. The van der Waals surface area contributed by atoms with Gasteiger partial charge in [0.1, 0.15) is 0 Å². The first kappa shape index (κ1) is 26.8. The first-order valence-corrected chi connectivity index (χ1v) is 10.9. The fourth-order valence-electron chi connectivity index (χ4n) is 6.85. The summed E-state index contributed by atoms with van der Waals surface area (Å²) in [6, 6.07) is 0. The van der Waals surface area contributed by atoms with Gasteiger partial charge in [-0.3, -0.25) is 8.42 Å². The van der Waals surface area contributed by atoms with Gasteiger partial charge in [-0.15, -0.1) is 0 Å². The molecule has 0 radical (unpaired) electrons. The molecule has 0 amide bonds. The van der Waals surface area contributed by atoms with Crippen LogP contribution in [0.1, 0.15) is 71.1 Å². The Bertz CT molecular complexity index is 591. The third kappa shape index (κ3) is 6.63. The fourth-order valence-corrected chi connectivity index (χ4v) is 6.85. The smallest absolute Gasteiger partial charge is 0.759 e. The van der Waals surface area contributed by atoms with Crippen molar-refractivity contribution in [1.29, 1.82) is 0 Å². The van der Waals surface area contributed by atoms with E-state index in [0.717, 1.165) is 30.1 Å². The van der Waals surface area contributed by atoms with Gasteiger partial charge < -0.3 is 19.3 Å². The van der Waals surface area contributed by atoms with E-state index in [1.807, 2.05) is 0 Å². The van der Waals surface area contributed by atoms with E-state index in [0.29, 0.717) is 24.2 Å². The Hall–Kier alpha value is 1.79. The molecule has 6 atom stereocenters. The molecule has 0 heterocycles. The van der Waals surface area contributed by atoms with Crippen molar-refractivity contribution in [2.45, 2.75) is 76.9 Å². The summed E-state index contributed by atoms with van der Waals surface area (Å²) in [5, 5.41) is 19.9. The second-order valence-electron chi connectivity index (χ2n) is 9.15. The van der Waals surface area contributed by atoms with Gasteiger partial charge in [-0.2, -0.15) is 0 Å². The van der Waals surface area contributed by atoms with Gasteiger partial charge >= 0.3 is 59.1 Å². The van der Waals surface area contributed by atoms with E-state index in [9.17, 15) is 10.2 Å². The summed E-state index contributed by atoms with van der Waals surface area (Å²) >= 11 is 0. The van der Waals surface area contributed by atoms with E-state index in [1.54, 1.807) is 0 Å². The molecule has 0 saturated heterocycles. The first-order valence-electron chi connectivity index (χ1n) is 9.60. The van der Waals surface area contributed by atoms with Crippen molar-refractivity contribution < 1.29 is 86.9 Å². The largest absolute Gasteiger partial charge is 1.00 e. The second kappa shape index (κ2) is 9.94. The van der Waals surface area contributed by atoms with Crippen LogP contribution in [0.15, 0.2) is 0 Å². The maximum Gasteiger partial charge on any atom is 1.00 e. The van der Waals surface area contributed by atoms with Crippen molar-refractivity contribution in [3.63, 3.8) is 0 Å². The topological polar surface area (TPSA) is 121 Å². The molecule has 9 heteroatoms. The van der Waals surface area contributed by atoms with E-state index < -0.39 is 16.2 Å². The molecule has 4 rings (SSSR count). The van der Waals surface area contributed by atoms with Crippen molar-refractivity contribution in [2.24, 2.45) is 35.0 Å². The van der Waals surface area contributed by atoms with Crippen LogP contribution in [0.5, 0.6) is 0 Å². The summed E-state index contributed by atoms with van der Waals surface area (Å²) in [6.07, 6.45) is 12.2. The molecule has 2 N–H and O–H groups in total. The predicted octanol–water partition coefficient (Wildman–Crippen LogP) is -3.62. The van der Waals surface area contributed by atoms with Crippen LogP contribution in [0.3, 0.4) is 0 Å². The van der Waals surface area contributed by atoms with Gasteiger partial charge in [0.2, 0.25) is 0 Å². The van der Waals surface area contributed by atoms with E-state index >= 15 is 0 Å². The standard InChI is InChI=1S/C18H30O2.2Na.H2O4S/c1-17-8-2-3-16(17)15-5-4-12-11-18(19,20)10-7-13(12)14(15)6-9-17;;;1-5(2,3)4/h12-16,19-20H,2-11H2,1H3;;;(H2,1,2,3,4)/q;2*+1;/p-2/t12?,13?,14?,15?,16?,17-;;;/m0.../s1. The van der Waals surface area contributed by atoms with Gasteiger partial charge in [0.25, 0.3) is 0 Å². The minimum atomic E-state index is -5.17. The maximum atomic E-state index is 9.96. The van der Waals surface area contributed by atoms with E-state index in [-0.39, 0.29) is 59.1 Å². The van der Waals surface area contributed by atoms with Gasteiger partial charge in [-0.05, 0) is 80.0 Å². The third-order valence-corrected chi connectivity index (χ3v) is 7.77. The van der Waals surface area contributed by atoms with Crippen LogP contribution in [0.4, 0.5) is 0 Å². The molecule has 4 saturated carbocycles. The van der Waals surface area contributed by atoms with Crippen molar-refractivity contribution in [3.8, 4) is 0 Å². The Morgan fingerprint density at radius 2 is 1.44 bits per heavy atom. The summed E-state index contributed by atoms with van der Waals surface area (Å²) < 4.78 is 34.1. The average Bonchev–Trinajstić information content (AvgIpc) is 2.85. The van der Waals surface area contributed by atoms with Crippen LogP contribution in [-0.4, -0.2) is 33.5 Å². The molecule has 0 bridgehead atoms. The normalized spacial score (nSPS) is 42.0. The van der Waals surface area contributed by atoms with E-state index in [2.05, 4.69) is 6.92 Å². The van der Waals surface area contributed by atoms with Crippen LogP contribution in [0.25, 0.3) is 0 Å². The van der Waals surface area contributed by atoms with Gasteiger partial charge in [-0.25, -0.2) is 0 Å². The average molecular weight is 420 g/mol. The molecule has 4 fully saturated rings. The number of aliphatic hydroxyl groups is 2. The molecule has 4 aliphatic rings. The molecule has 4 aliphatic carbocycles. The molecular weight excluding hydrogens is 390 g/mol. The maximum absolute atomic E-state index is 9.96. The summed E-state index contributed by atoms with van der Waals surface area (Å²) in [6.45, 7) is 2.56. The van der Waals surface area contributed by atoms with Gasteiger partial charge in [0, 0.05) is 23.2 Å². The Kier molecular flexibility index (Phi) is 9.88. The minimum absolute atomic E-state index is 0. The summed E-state index contributed by atoms with van der Waals surface area (Å²) in [7, 11) is -5.17. The van der Waals surface area contributed by atoms with Crippen molar-refractivity contribution in [1.82, 2.24) is 0 Å². The SMILES string of the molecule is C[C@@]12CCCC1C1CCC3CC(O)(O)CCC3C1CC2.O=S(=O)([O-])[O-].[Na+].[Na+]. The molecule has 146 valence electrons. The molecule has 0 aromatic heterocycles. The predicted molar refractivity (Wildman–Crippen MR) is 89.4 cm³/mol. The monoisotopic (exact) mass is 420 g/mol. The molecule has 5 unspecified atom stereocenters. The van der Waals surface area contributed by atoms with Crippen LogP contribution in [-0.2, 0) is 10.4 Å². The Labute approximate surface area is 207 Å². The summed E-state index contributed by atoms with van der Waals surface area (Å²) in [5.74, 6) is 2.88. The van der Waals surface area contributed by atoms with Crippen LogP contribution in [0.2, 0.25) is 0 Å². The Morgan fingerprint density at radius 1 is 0.852 bits per heavy atom. The molecule has 0 spiro atoms. The molecule has 27 heavy (non-hydrogen) atoms. The van der Waals surface area contributed by atoms with Crippen LogP contribution < -0.4 is 59.1 Å². The molecule has 0 aromatic rings. The van der Waals surface area contributed by atoms with Crippen molar-refractivity contribution in [2.75, 3.05) is 0 Å². The first-order chi connectivity index (χ1) is 11.5. The zero-order valence-corrected chi connectivity index (χ0v) is 21.7. The number of rotatable bonds is 0. The Balaban J connectivity index is 0.000000468. The molecular formula is C18H30Na2O6S. The summed E-state index contributed by atoms with van der Waals surface area (Å²) in [4.78, 5) is 0. The Morgan fingerprint density at radius 3 is 2.07 bits per heavy atom. The van der Waals surface area contributed by atoms with Crippen molar-refractivity contribution in [3.05, 3.63) is 0 Å². The van der Waals surface area contributed by atoms with E-state index in [4.69, 9.17) is 17.5 Å². The third-order valence-electron chi connectivity index (χ3n) is 7.77. The molecule has 0 aliphatic heterocycles. The van der Waals surface area contributed by atoms with Crippen LogP contribution in [0, 0.1) is 35.0 Å². The minimum Gasteiger partial charge on any atom is -0.759 e. The van der Waals surface area contributed by atoms with Crippen LogP contribution >= 0.6 is 0 Å². The fraction of sp³-hybridized carbons (Fsp3) is 1.00. The van der Waals surface area contributed by atoms with Gasteiger partial charge in [-0.1, -0.05) is 13.3 Å². The molecule has 0 aromatic carbocycles. The number of hydrogen-bond acceptors (Lipinski definition) is 6. The van der Waals surface area contributed by atoms with Gasteiger partial charge in [0.15, 0.2) is 5.79 Å². The summed E-state index contributed by atoms with van der Waals surface area (Å²) in [5.41, 5.74) is 0.653. The van der Waals surface area contributed by atoms with Crippen molar-refractivity contribution >= 4 is 10.4 Å². The number of fused-ring (bicyclic) bond motifs is 5. The molecule has 6 nitrogen and oxygen atoms in total. The quantitative estimate of drug-likeness (QED) is 0.181.